The largest absolute Gasteiger partial charge is 0.544 e. The second kappa shape index (κ2) is 26.5. The number of quaternary nitrogens is 1. The normalized spacial score (nSPS) is 15.3. The highest BCUT2D eigenvalue weighted by atomic mass is 16.4. The molecule has 0 heterocycles. The first kappa shape index (κ1) is 41.1. The molecule has 0 aliphatic rings. The molecule has 2 N–H and O–H groups in total. The van der Waals surface area contributed by atoms with Crippen molar-refractivity contribution >= 4 is 17.9 Å². The molecule has 0 rings (SSSR count). The molecule has 0 saturated heterocycles. The highest BCUT2D eigenvalue weighted by Crippen LogP contribution is 2.34. The predicted octanol–water partition coefficient (Wildman–Crippen LogP) is 8.44. The molecule has 43 heavy (non-hydrogen) atoms. The van der Waals surface area contributed by atoms with Gasteiger partial charge in [-0.05, 0) is 44.9 Å². The number of carboxylic acids is 3. The Morgan fingerprint density at radius 1 is 0.535 bits per heavy atom. The van der Waals surface area contributed by atoms with Crippen molar-refractivity contribution in [1.82, 2.24) is 0 Å². The maximum atomic E-state index is 12.6. The molecule has 7 nitrogen and oxygen atoms in total. The molecule has 0 fully saturated rings. The number of rotatable bonds is 31. The van der Waals surface area contributed by atoms with Crippen molar-refractivity contribution in [2.75, 3.05) is 6.54 Å². The van der Waals surface area contributed by atoms with E-state index in [9.17, 15) is 29.7 Å². The van der Waals surface area contributed by atoms with Gasteiger partial charge in [-0.1, -0.05) is 123 Å². The Morgan fingerprint density at radius 3 is 1.23 bits per heavy atom. The average Bonchev–Trinajstić information content (AvgIpc) is 2.97. The molecule has 0 bridgehead atoms. The number of allylic oxidation sites excluding steroid dienone is 2. The van der Waals surface area contributed by atoms with E-state index in [-0.39, 0.29) is 25.8 Å². The van der Waals surface area contributed by atoms with E-state index in [1.807, 2.05) is 20.8 Å². The summed E-state index contributed by atoms with van der Waals surface area (Å²) in [7, 11) is 0. The molecule has 0 aromatic carbocycles. The number of carboxylic acid groups (broad SMARTS) is 3. The fourth-order valence-corrected chi connectivity index (χ4v) is 6.78. The van der Waals surface area contributed by atoms with Gasteiger partial charge in [0.2, 0.25) is 0 Å². The van der Waals surface area contributed by atoms with Gasteiger partial charge in [-0.15, -0.1) is 0 Å². The Hall–Kier alpha value is -1.89. The SMILES string of the molecule is CCCC/C=C/CCCCCCCCCCCCCCC[N+](C(CCC)C(=O)[O-])(C(CCC)C(=O)O)C(CCC)C(=O)O. The summed E-state index contributed by atoms with van der Waals surface area (Å²) in [5.41, 5.74) is 0. The molecule has 0 amide bonds. The summed E-state index contributed by atoms with van der Waals surface area (Å²) in [6.07, 6.45) is 27.1. The zero-order valence-corrected chi connectivity index (χ0v) is 28.3. The van der Waals surface area contributed by atoms with Crippen LogP contribution < -0.4 is 5.11 Å². The van der Waals surface area contributed by atoms with E-state index in [1.54, 1.807) is 0 Å². The number of nitrogens with zero attached hydrogens (tertiary/aromatic N) is 1. The van der Waals surface area contributed by atoms with Crippen LogP contribution in [-0.2, 0) is 14.4 Å². The standard InChI is InChI=1S/C36H67NO6/c1-5-9-10-11-12-13-14-15-16-17-18-19-20-21-22-23-24-25-26-30-37(31(27-6-2)34(38)39,32(28-7-3)35(40)41)33(29-8-4)36(42)43/h11-12,31-33H,5-10,13-30H2,1-4H3,(H2-,38,39,40,41,42,43)/b12-11+. The van der Waals surface area contributed by atoms with Crippen LogP contribution >= 0.6 is 0 Å². The summed E-state index contributed by atoms with van der Waals surface area (Å²) in [5, 5.41) is 33.0. The lowest BCUT2D eigenvalue weighted by Gasteiger charge is -2.52. The van der Waals surface area contributed by atoms with Gasteiger partial charge in [0.05, 0.1) is 12.5 Å². The lowest BCUT2D eigenvalue weighted by molar-refractivity contribution is -0.975. The van der Waals surface area contributed by atoms with Gasteiger partial charge >= 0.3 is 11.9 Å². The summed E-state index contributed by atoms with van der Waals surface area (Å²) in [6.45, 7) is 8.05. The van der Waals surface area contributed by atoms with E-state index in [0.29, 0.717) is 25.7 Å². The van der Waals surface area contributed by atoms with Crippen LogP contribution in [0.2, 0.25) is 0 Å². The molecule has 0 spiro atoms. The molecule has 0 radical (unpaired) electrons. The average molecular weight is 610 g/mol. The van der Waals surface area contributed by atoms with Gasteiger partial charge in [-0.2, -0.15) is 0 Å². The molecule has 0 aromatic rings. The van der Waals surface area contributed by atoms with Gasteiger partial charge in [0, 0.05) is 19.3 Å². The highest BCUT2D eigenvalue weighted by Gasteiger charge is 2.54. The molecule has 0 aromatic heterocycles. The van der Waals surface area contributed by atoms with Crippen LogP contribution in [0.1, 0.15) is 175 Å². The zero-order valence-electron chi connectivity index (χ0n) is 28.3. The third kappa shape index (κ3) is 16.7. The Morgan fingerprint density at radius 2 is 0.884 bits per heavy atom. The molecule has 252 valence electrons. The van der Waals surface area contributed by atoms with Crippen molar-refractivity contribution < 1.29 is 34.2 Å². The first-order chi connectivity index (χ1) is 20.7. The molecule has 3 atom stereocenters. The number of aliphatic carboxylic acids is 3. The maximum absolute atomic E-state index is 12.6. The van der Waals surface area contributed by atoms with Gasteiger partial charge in [0.15, 0.2) is 12.1 Å². The maximum Gasteiger partial charge on any atom is 0.362 e. The minimum Gasteiger partial charge on any atom is -0.544 e. The van der Waals surface area contributed by atoms with Crippen molar-refractivity contribution in [2.24, 2.45) is 0 Å². The number of carbonyl (C=O) groups excluding carboxylic acids is 1. The predicted molar refractivity (Wildman–Crippen MR) is 175 cm³/mol. The van der Waals surface area contributed by atoms with Crippen LogP contribution in [0.4, 0.5) is 0 Å². The first-order valence-electron chi connectivity index (χ1n) is 17.9. The summed E-state index contributed by atoms with van der Waals surface area (Å²) in [4.78, 5) is 37.6. The minimum atomic E-state index is -1.33. The van der Waals surface area contributed by atoms with E-state index in [2.05, 4.69) is 19.1 Å². The molecule has 3 unspecified atom stereocenters. The Bertz CT molecular complexity index is 692. The summed E-state index contributed by atoms with van der Waals surface area (Å²) < 4.78 is -0.432. The highest BCUT2D eigenvalue weighted by molar-refractivity contribution is 5.77. The van der Waals surface area contributed by atoms with E-state index in [1.165, 1.54) is 83.5 Å². The van der Waals surface area contributed by atoms with E-state index in [0.717, 1.165) is 19.3 Å². The smallest absolute Gasteiger partial charge is 0.362 e. The van der Waals surface area contributed by atoms with Crippen LogP contribution in [0.5, 0.6) is 0 Å². The molecule has 0 aliphatic carbocycles. The lowest BCUT2D eigenvalue weighted by atomic mass is 9.91. The number of hydrogen-bond acceptors (Lipinski definition) is 4. The third-order valence-electron chi connectivity index (χ3n) is 9.08. The van der Waals surface area contributed by atoms with E-state index < -0.39 is 40.5 Å². The topological polar surface area (TPSA) is 115 Å². The van der Waals surface area contributed by atoms with Crippen molar-refractivity contribution in [1.29, 1.82) is 0 Å². The number of unbranched alkanes of at least 4 members (excludes halogenated alkanes) is 15. The Kier molecular flexibility index (Phi) is 25.3. The summed E-state index contributed by atoms with van der Waals surface area (Å²) in [5.74, 6) is -3.55. The molecule has 0 saturated carbocycles. The van der Waals surface area contributed by atoms with Gasteiger partial charge in [-0.3, -0.25) is 4.48 Å². The fraction of sp³-hybridized carbons (Fsp3) is 0.861. The second-order valence-corrected chi connectivity index (χ2v) is 12.6. The second-order valence-electron chi connectivity index (χ2n) is 12.6. The van der Waals surface area contributed by atoms with Crippen LogP contribution in [-0.4, -0.2) is 57.3 Å². The Labute approximate surface area is 264 Å². The molecule has 7 heteroatoms. The monoisotopic (exact) mass is 609 g/mol. The first-order valence-corrected chi connectivity index (χ1v) is 17.9. The number of carbonyl (C=O) groups is 3. The third-order valence-corrected chi connectivity index (χ3v) is 9.08. The molecular weight excluding hydrogens is 542 g/mol. The van der Waals surface area contributed by atoms with Crippen molar-refractivity contribution in [2.45, 2.75) is 193 Å². The van der Waals surface area contributed by atoms with Gasteiger partial charge in [-0.25, -0.2) is 9.59 Å². The van der Waals surface area contributed by atoms with Crippen LogP contribution in [0.15, 0.2) is 12.2 Å². The van der Waals surface area contributed by atoms with Crippen molar-refractivity contribution in [3.05, 3.63) is 12.2 Å². The summed E-state index contributed by atoms with van der Waals surface area (Å²) >= 11 is 0. The Balaban J connectivity index is 4.80. The van der Waals surface area contributed by atoms with Crippen LogP contribution in [0.3, 0.4) is 0 Å². The van der Waals surface area contributed by atoms with Gasteiger partial charge in [0.1, 0.15) is 6.04 Å². The van der Waals surface area contributed by atoms with Crippen molar-refractivity contribution in [3.63, 3.8) is 0 Å². The van der Waals surface area contributed by atoms with Gasteiger partial charge in [0.25, 0.3) is 0 Å². The number of hydrogen-bond donors (Lipinski definition) is 2. The quantitative estimate of drug-likeness (QED) is 0.0463. The van der Waals surface area contributed by atoms with Crippen molar-refractivity contribution in [3.8, 4) is 0 Å². The molecular formula is C36H67NO6. The van der Waals surface area contributed by atoms with E-state index in [4.69, 9.17) is 0 Å². The zero-order chi connectivity index (χ0) is 32.3. The lowest BCUT2D eigenvalue weighted by Crippen LogP contribution is -2.74. The minimum absolute atomic E-state index is 0.208. The summed E-state index contributed by atoms with van der Waals surface area (Å²) in [6, 6.07) is -3.32. The van der Waals surface area contributed by atoms with Crippen LogP contribution in [0, 0.1) is 0 Å². The van der Waals surface area contributed by atoms with E-state index >= 15 is 0 Å². The molecule has 0 aliphatic heterocycles. The fourth-order valence-electron chi connectivity index (χ4n) is 6.78. The van der Waals surface area contributed by atoms with Crippen LogP contribution in [0.25, 0.3) is 0 Å². The van der Waals surface area contributed by atoms with Gasteiger partial charge < -0.3 is 20.1 Å².